The molecule has 1 saturated carbocycles. The van der Waals surface area contributed by atoms with Gasteiger partial charge in [-0.05, 0) is 67.8 Å². The molecule has 0 N–H and O–H groups in total. The Bertz CT molecular complexity index is 886. The minimum absolute atomic E-state index is 0.188. The fourth-order valence-electron chi connectivity index (χ4n) is 5.52. The highest BCUT2D eigenvalue weighted by atomic mass is 19.2. The average molecular weight is 439 g/mol. The van der Waals surface area contributed by atoms with Gasteiger partial charge < -0.3 is 0 Å². The van der Waals surface area contributed by atoms with E-state index >= 15 is 0 Å². The summed E-state index contributed by atoms with van der Waals surface area (Å²) in [4.78, 5) is 2.48. The van der Waals surface area contributed by atoms with Crippen LogP contribution >= 0.6 is 0 Å². The van der Waals surface area contributed by atoms with Gasteiger partial charge in [0.25, 0.3) is 0 Å². The van der Waals surface area contributed by atoms with Crippen LogP contribution in [0.5, 0.6) is 0 Å². The van der Waals surface area contributed by atoms with Crippen LogP contribution in [0.25, 0.3) is 0 Å². The van der Waals surface area contributed by atoms with Crippen molar-refractivity contribution in [2.75, 3.05) is 6.54 Å². The Kier molecular flexibility index (Phi) is 8.82. The number of benzene rings is 2. The number of hydrogen-bond acceptors (Lipinski definition) is 2. The van der Waals surface area contributed by atoms with Crippen LogP contribution in [0.4, 0.5) is 8.78 Å². The van der Waals surface area contributed by atoms with Crippen molar-refractivity contribution in [3.8, 4) is 6.07 Å². The van der Waals surface area contributed by atoms with Gasteiger partial charge in [-0.15, -0.1) is 0 Å². The molecule has 0 aromatic heterocycles. The molecule has 2 aromatic carbocycles. The second-order valence-corrected chi connectivity index (χ2v) is 9.20. The normalized spacial score (nSPS) is 17.6. The van der Waals surface area contributed by atoms with Crippen molar-refractivity contribution >= 4 is 0 Å². The van der Waals surface area contributed by atoms with E-state index in [1.807, 2.05) is 6.07 Å². The highest BCUT2D eigenvalue weighted by Crippen LogP contribution is 2.45. The summed E-state index contributed by atoms with van der Waals surface area (Å²) in [6, 6.07) is 17.5. The summed E-state index contributed by atoms with van der Waals surface area (Å²) in [5.41, 5.74) is 1.16. The lowest BCUT2D eigenvalue weighted by molar-refractivity contribution is 0.157. The Morgan fingerprint density at radius 3 is 2.34 bits per heavy atom. The van der Waals surface area contributed by atoms with Gasteiger partial charge >= 0.3 is 0 Å². The number of nitriles is 1. The van der Waals surface area contributed by atoms with E-state index in [1.54, 1.807) is 6.07 Å². The van der Waals surface area contributed by atoms with Crippen LogP contribution in [-0.4, -0.2) is 17.5 Å². The van der Waals surface area contributed by atoms with Crippen molar-refractivity contribution in [1.29, 1.82) is 5.26 Å². The molecule has 1 aliphatic rings. The van der Waals surface area contributed by atoms with Crippen LogP contribution in [-0.2, 0) is 12.0 Å². The molecule has 0 aliphatic heterocycles. The average Bonchev–Trinajstić information content (AvgIpc) is 2.84. The largest absolute Gasteiger partial charge is 0.296 e. The summed E-state index contributed by atoms with van der Waals surface area (Å²) in [6.07, 6.45) is 7.87. The lowest BCUT2D eigenvalue weighted by atomic mass is 9.63. The second kappa shape index (κ2) is 11.6. The predicted octanol–water partition coefficient (Wildman–Crippen LogP) is 7.39. The number of rotatable bonds is 10. The molecule has 2 aromatic rings. The number of halogens is 2. The Hall–Kier alpha value is -2.25. The summed E-state index contributed by atoms with van der Waals surface area (Å²) in [7, 11) is 0. The predicted molar refractivity (Wildman–Crippen MR) is 126 cm³/mol. The molecule has 2 nitrogen and oxygen atoms in total. The summed E-state index contributed by atoms with van der Waals surface area (Å²) in [5, 5.41) is 10.5. The summed E-state index contributed by atoms with van der Waals surface area (Å²) < 4.78 is 27.9. The molecule has 172 valence electrons. The molecule has 3 rings (SSSR count). The Labute approximate surface area is 192 Å². The molecule has 0 bridgehead atoms. The molecule has 1 aliphatic carbocycles. The molecule has 0 amide bonds. The van der Waals surface area contributed by atoms with Gasteiger partial charge in [-0.2, -0.15) is 5.26 Å². The maximum absolute atomic E-state index is 14.2. The van der Waals surface area contributed by atoms with Crippen LogP contribution in [0.3, 0.4) is 0 Å². The first-order valence-corrected chi connectivity index (χ1v) is 12.2. The lowest BCUT2D eigenvalue weighted by Crippen LogP contribution is -2.40. The molecule has 2 unspecified atom stereocenters. The topological polar surface area (TPSA) is 27.0 Å². The van der Waals surface area contributed by atoms with E-state index in [2.05, 4.69) is 49.1 Å². The van der Waals surface area contributed by atoms with E-state index in [9.17, 15) is 14.0 Å². The third-order valence-electron chi connectivity index (χ3n) is 7.43. The van der Waals surface area contributed by atoms with Gasteiger partial charge in [-0.3, -0.25) is 4.90 Å². The van der Waals surface area contributed by atoms with Crippen LogP contribution in [0, 0.1) is 28.9 Å². The van der Waals surface area contributed by atoms with Gasteiger partial charge in [-0.1, -0.05) is 69.5 Å². The molecule has 0 heterocycles. The van der Waals surface area contributed by atoms with E-state index in [0.717, 1.165) is 51.6 Å². The smallest absolute Gasteiger partial charge is 0.159 e. The molecule has 32 heavy (non-hydrogen) atoms. The van der Waals surface area contributed by atoms with Crippen molar-refractivity contribution in [3.05, 3.63) is 71.3 Å². The minimum Gasteiger partial charge on any atom is -0.296 e. The molecule has 1 fully saturated rings. The third-order valence-corrected chi connectivity index (χ3v) is 7.43. The summed E-state index contributed by atoms with van der Waals surface area (Å²) >= 11 is 0. The quantitative estimate of drug-likeness (QED) is 0.387. The Morgan fingerprint density at radius 2 is 1.75 bits per heavy atom. The molecular weight excluding hydrogens is 402 g/mol. The molecule has 4 heteroatoms. The summed E-state index contributed by atoms with van der Waals surface area (Å²) in [5.74, 6) is -1.52. The minimum atomic E-state index is -0.857. The van der Waals surface area contributed by atoms with Crippen molar-refractivity contribution in [3.63, 3.8) is 0 Å². The highest BCUT2D eigenvalue weighted by molar-refractivity contribution is 5.35. The van der Waals surface area contributed by atoms with Gasteiger partial charge in [0.2, 0.25) is 0 Å². The molecule has 0 spiro atoms. The van der Waals surface area contributed by atoms with Crippen LogP contribution in [0.2, 0.25) is 0 Å². The maximum Gasteiger partial charge on any atom is 0.159 e. The van der Waals surface area contributed by atoms with Gasteiger partial charge in [0.1, 0.15) is 0 Å². The first-order valence-electron chi connectivity index (χ1n) is 12.2. The van der Waals surface area contributed by atoms with Crippen molar-refractivity contribution in [2.24, 2.45) is 5.92 Å². The third kappa shape index (κ3) is 5.56. The lowest BCUT2D eigenvalue weighted by Gasteiger charge is -2.40. The zero-order chi connectivity index (χ0) is 23.0. The number of nitrogens with zero attached hydrogens (tertiary/aromatic N) is 2. The standard InChI is InChI=1S/C28H36F2N2/c1-3-25(32(4-2)20-22-11-7-5-8-12-22)17-18-28(21-31,23-13-9-6-10-14-23)24-15-16-26(29)27(30)19-24/h5,7-8,11-12,15-16,19,23,25H,3-4,6,9-10,13-14,17-18,20H2,1-2H3. The van der Waals surface area contributed by atoms with Crippen LogP contribution < -0.4 is 0 Å². The van der Waals surface area contributed by atoms with Crippen LogP contribution in [0.1, 0.15) is 76.3 Å². The highest BCUT2D eigenvalue weighted by Gasteiger charge is 2.42. The molecular formula is C28H36F2N2. The Morgan fingerprint density at radius 1 is 1.03 bits per heavy atom. The van der Waals surface area contributed by atoms with Gasteiger partial charge in [0, 0.05) is 12.6 Å². The summed E-state index contributed by atoms with van der Waals surface area (Å²) in [6.45, 7) is 6.19. The number of hydrogen-bond donors (Lipinski definition) is 0. The van der Waals surface area contributed by atoms with E-state index in [4.69, 9.17) is 0 Å². The first kappa shape index (κ1) is 24.4. The first-order chi connectivity index (χ1) is 15.5. The zero-order valence-electron chi connectivity index (χ0n) is 19.5. The van der Waals surface area contributed by atoms with Crippen LogP contribution in [0.15, 0.2) is 48.5 Å². The zero-order valence-corrected chi connectivity index (χ0v) is 19.5. The Balaban J connectivity index is 1.86. The fraction of sp³-hybridized carbons (Fsp3) is 0.536. The van der Waals surface area contributed by atoms with Crippen molar-refractivity contribution < 1.29 is 8.78 Å². The van der Waals surface area contributed by atoms with Gasteiger partial charge in [0.05, 0.1) is 11.5 Å². The monoisotopic (exact) mass is 438 g/mol. The van der Waals surface area contributed by atoms with E-state index in [-0.39, 0.29) is 5.92 Å². The van der Waals surface area contributed by atoms with Crippen molar-refractivity contribution in [2.45, 2.75) is 83.2 Å². The van der Waals surface area contributed by atoms with E-state index in [0.29, 0.717) is 18.0 Å². The van der Waals surface area contributed by atoms with Gasteiger partial charge in [-0.25, -0.2) is 8.78 Å². The SMILES string of the molecule is CCC(CCC(C#N)(c1ccc(F)c(F)c1)C1CCCCC1)N(CC)Cc1ccccc1. The van der Waals surface area contributed by atoms with Gasteiger partial charge in [0.15, 0.2) is 11.6 Å². The maximum atomic E-state index is 14.2. The molecule has 2 atom stereocenters. The second-order valence-electron chi connectivity index (χ2n) is 9.20. The van der Waals surface area contributed by atoms with Crippen molar-refractivity contribution in [1.82, 2.24) is 4.90 Å². The van der Waals surface area contributed by atoms with E-state index in [1.165, 1.54) is 24.1 Å². The molecule has 0 saturated heterocycles. The fourth-order valence-corrected chi connectivity index (χ4v) is 5.52. The molecule has 0 radical (unpaired) electrons. The van der Waals surface area contributed by atoms with E-state index < -0.39 is 17.0 Å².